The van der Waals surface area contributed by atoms with Crippen molar-refractivity contribution in [3.63, 3.8) is 0 Å². The zero-order valence-corrected chi connectivity index (χ0v) is 18.6. The Balaban J connectivity index is 1.58. The Labute approximate surface area is 194 Å². The minimum absolute atomic E-state index is 0.0225. The van der Waals surface area contributed by atoms with Crippen LogP contribution >= 0.6 is 11.8 Å². The van der Waals surface area contributed by atoms with E-state index in [1.54, 1.807) is 55.5 Å². The van der Waals surface area contributed by atoms with Gasteiger partial charge >= 0.3 is 5.97 Å². The van der Waals surface area contributed by atoms with Crippen LogP contribution in [0.4, 0.5) is 4.79 Å². The number of carbonyl (C=O) groups is 3. The second kappa shape index (κ2) is 9.18. The van der Waals surface area contributed by atoms with E-state index in [9.17, 15) is 19.6 Å². The molecule has 8 heteroatoms. The lowest BCUT2D eigenvalue weighted by atomic mass is 10.0. The van der Waals surface area contributed by atoms with Crippen molar-refractivity contribution >= 4 is 35.0 Å². The summed E-state index contributed by atoms with van der Waals surface area (Å²) >= 11 is 0.821. The summed E-state index contributed by atoms with van der Waals surface area (Å²) < 4.78 is 10.7. The highest BCUT2D eigenvalue weighted by Crippen LogP contribution is 2.35. The number of esters is 1. The molecule has 1 aliphatic heterocycles. The number of ether oxygens (including phenoxy) is 1. The Bertz CT molecular complexity index is 1350. The zero-order valence-electron chi connectivity index (χ0n) is 17.8. The fourth-order valence-electron chi connectivity index (χ4n) is 3.51. The molecule has 4 rings (SSSR count). The number of amides is 2. The molecule has 7 nitrogen and oxygen atoms in total. The van der Waals surface area contributed by atoms with E-state index in [0.29, 0.717) is 33.8 Å². The third-order valence-corrected chi connectivity index (χ3v) is 6.15. The van der Waals surface area contributed by atoms with E-state index in [-0.39, 0.29) is 11.4 Å². The van der Waals surface area contributed by atoms with Crippen molar-refractivity contribution in [1.82, 2.24) is 4.90 Å². The van der Waals surface area contributed by atoms with E-state index in [1.165, 1.54) is 13.2 Å². The molecule has 2 heterocycles. The van der Waals surface area contributed by atoms with Crippen LogP contribution in [0.2, 0.25) is 0 Å². The number of nitrogens with zero attached hydrogens (tertiary/aromatic N) is 2. The van der Waals surface area contributed by atoms with Gasteiger partial charge in [0.15, 0.2) is 0 Å². The third-order valence-electron chi connectivity index (χ3n) is 5.24. The number of hydrogen-bond acceptors (Lipinski definition) is 7. The fourth-order valence-corrected chi connectivity index (χ4v) is 4.33. The summed E-state index contributed by atoms with van der Waals surface area (Å²) in [6.07, 6.45) is 1.52. The summed E-state index contributed by atoms with van der Waals surface area (Å²) in [5, 5.41) is 8.85. The molecular weight excluding hydrogens is 440 g/mol. The normalized spacial score (nSPS) is 14.6. The molecule has 0 N–H and O–H groups in total. The predicted molar refractivity (Wildman–Crippen MR) is 123 cm³/mol. The third kappa shape index (κ3) is 4.31. The van der Waals surface area contributed by atoms with Crippen LogP contribution in [0, 0.1) is 18.3 Å². The highest BCUT2D eigenvalue weighted by molar-refractivity contribution is 8.18. The van der Waals surface area contributed by atoms with Crippen molar-refractivity contribution < 1.29 is 23.5 Å². The Hall–Kier alpha value is -4.09. The monoisotopic (exact) mass is 458 g/mol. The SMILES string of the molecule is COC(=O)c1cccc(-c2ccc(/C=C3/SC(=O)N(Cc4ccccc4C#N)C3=O)o2)c1C. The molecule has 0 radical (unpaired) electrons. The molecule has 1 aliphatic rings. The Morgan fingerprint density at radius 2 is 1.94 bits per heavy atom. The van der Waals surface area contributed by atoms with Gasteiger partial charge in [0.25, 0.3) is 11.1 Å². The van der Waals surface area contributed by atoms with E-state index in [4.69, 9.17) is 9.15 Å². The number of imide groups is 1. The number of carbonyl (C=O) groups excluding carboxylic acids is 3. The highest BCUT2D eigenvalue weighted by Gasteiger charge is 2.35. The van der Waals surface area contributed by atoms with Crippen molar-refractivity contribution in [3.05, 3.63) is 87.5 Å². The molecule has 2 aromatic carbocycles. The van der Waals surface area contributed by atoms with E-state index in [1.807, 2.05) is 6.07 Å². The number of benzene rings is 2. The van der Waals surface area contributed by atoms with Crippen molar-refractivity contribution in [3.8, 4) is 17.4 Å². The maximum Gasteiger partial charge on any atom is 0.338 e. The summed E-state index contributed by atoms with van der Waals surface area (Å²) in [5.74, 6) is 0.0369. The van der Waals surface area contributed by atoms with Crippen LogP contribution in [-0.2, 0) is 16.1 Å². The van der Waals surface area contributed by atoms with Gasteiger partial charge in [-0.1, -0.05) is 30.3 Å². The van der Waals surface area contributed by atoms with Crippen molar-refractivity contribution in [2.45, 2.75) is 13.5 Å². The second-order valence-corrected chi connectivity index (χ2v) is 8.20. The zero-order chi connectivity index (χ0) is 23.5. The van der Waals surface area contributed by atoms with Crippen LogP contribution in [0.1, 0.15) is 32.8 Å². The van der Waals surface area contributed by atoms with Gasteiger partial charge in [0, 0.05) is 11.6 Å². The molecule has 164 valence electrons. The molecule has 0 bridgehead atoms. The first kappa shape index (κ1) is 22.1. The van der Waals surface area contributed by atoms with Crippen molar-refractivity contribution in [2.75, 3.05) is 7.11 Å². The molecule has 0 spiro atoms. The summed E-state index contributed by atoms with van der Waals surface area (Å²) in [4.78, 5) is 38.6. The molecule has 0 unspecified atom stereocenters. The van der Waals surface area contributed by atoms with E-state index < -0.39 is 17.1 Å². The molecule has 0 aliphatic carbocycles. The van der Waals surface area contributed by atoms with Gasteiger partial charge in [0.1, 0.15) is 11.5 Å². The van der Waals surface area contributed by atoms with Gasteiger partial charge in [0.05, 0.1) is 35.8 Å². The molecule has 3 aromatic rings. The Morgan fingerprint density at radius 1 is 1.15 bits per heavy atom. The number of furan rings is 1. The van der Waals surface area contributed by atoms with Gasteiger partial charge < -0.3 is 9.15 Å². The van der Waals surface area contributed by atoms with Gasteiger partial charge in [-0.25, -0.2) is 4.79 Å². The molecule has 0 saturated carbocycles. The van der Waals surface area contributed by atoms with Crippen LogP contribution in [-0.4, -0.2) is 29.1 Å². The fraction of sp³-hybridized carbons (Fsp3) is 0.120. The average molecular weight is 458 g/mol. The topological polar surface area (TPSA) is 101 Å². The van der Waals surface area contributed by atoms with E-state index in [2.05, 4.69) is 6.07 Å². The molecular formula is C25H18N2O5S. The number of methoxy groups -OCH3 is 1. The van der Waals surface area contributed by atoms with Crippen molar-refractivity contribution in [1.29, 1.82) is 5.26 Å². The second-order valence-electron chi connectivity index (χ2n) is 7.21. The van der Waals surface area contributed by atoms with Gasteiger partial charge in [-0.15, -0.1) is 0 Å². The summed E-state index contributed by atoms with van der Waals surface area (Å²) in [6.45, 7) is 1.82. The van der Waals surface area contributed by atoms with Crippen LogP contribution in [0.3, 0.4) is 0 Å². The van der Waals surface area contributed by atoms with Gasteiger partial charge in [-0.3, -0.25) is 14.5 Å². The van der Waals surface area contributed by atoms with Crippen LogP contribution in [0.25, 0.3) is 17.4 Å². The first-order chi connectivity index (χ1) is 15.9. The molecule has 2 amide bonds. The maximum absolute atomic E-state index is 12.8. The van der Waals surface area contributed by atoms with E-state index >= 15 is 0 Å². The molecule has 1 saturated heterocycles. The maximum atomic E-state index is 12.8. The number of nitriles is 1. The van der Waals surface area contributed by atoms with Crippen LogP contribution in [0.5, 0.6) is 0 Å². The van der Waals surface area contributed by atoms with Crippen LogP contribution < -0.4 is 0 Å². The minimum Gasteiger partial charge on any atom is -0.465 e. The minimum atomic E-state index is -0.445. The molecule has 33 heavy (non-hydrogen) atoms. The Kier molecular flexibility index (Phi) is 6.16. The lowest BCUT2D eigenvalue weighted by Crippen LogP contribution is -2.27. The predicted octanol–water partition coefficient (Wildman–Crippen LogP) is 5.15. The number of rotatable bonds is 5. The summed E-state index contributed by atoms with van der Waals surface area (Å²) in [7, 11) is 1.32. The highest BCUT2D eigenvalue weighted by atomic mass is 32.2. The van der Waals surface area contributed by atoms with Gasteiger partial charge in [0.2, 0.25) is 0 Å². The standard InChI is InChI=1S/C25H18N2O5S/c1-15-19(8-5-9-20(15)24(29)31-2)21-11-10-18(32-21)12-22-23(28)27(25(30)33-22)14-17-7-4-3-6-16(17)13-26/h3-12H,14H2,1-2H3/b22-12+. The molecule has 1 aromatic heterocycles. The summed E-state index contributed by atoms with van der Waals surface area (Å²) in [5.41, 5.74) is 2.89. The smallest absolute Gasteiger partial charge is 0.338 e. The lowest BCUT2D eigenvalue weighted by Gasteiger charge is -2.13. The number of thioether (sulfide) groups is 1. The lowest BCUT2D eigenvalue weighted by molar-refractivity contribution is -0.123. The summed E-state index contributed by atoms with van der Waals surface area (Å²) in [6, 6.07) is 17.6. The molecule has 0 atom stereocenters. The van der Waals surface area contributed by atoms with E-state index in [0.717, 1.165) is 22.2 Å². The number of hydrogen-bond donors (Lipinski definition) is 0. The largest absolute Gasteiger partial charge is 0.465 e. The van der Waals surface area contributed by atoms with Gasteiger partial charge in [-0.2, -0.15) is 5.26 Å². The first-order valence-electron chi connectivity index (χ1n) is 9.94. The average Bonchev–Trinajstić information content (AvgIpc) is 3.39. The van der Waals surface area contributed by atoms with Crippen LogP contribution in [0.15, 0.2) is 63.9 Å². The Morgan fingerprint density at radius 3 is 2.70 bits per heavy atom. The first-order valence-corrected chi connectivity index (χ1v) is 10.8. The van der Waals surface area contributed by atoms with Gasteiger partial charge in [-0.05, 0) is 54.1 Å². The molecule has 1 fully saturated rings. The quantitative estimate of drug-likeness (QED) is 0.385. The van der Waals surface area contributed by atoms with Crippen molar-refractivity contribution in [2.24, 2.45) is 0 Å².